The Morgan fingerprint density at radius 1 is 1.20 bits per heavy atom. The van der Waals surface area contributed by atoms with Gasteiger partial charge in [-0.1, -0.05) is 38.0 Å². The van der Waals surface area contributed by atoms with Gasteiger partial charge in [-0.3, -0.25) is 4.79 Å². The first kappa shape index (κ1) is 24.3. The predicted molar refractivity (Wildman–Crippen MR) is 111 cm³/mol. The van der Waals surface area contributed by atoms with E-state index in [9.17, 15) is 14.7 Å². The lowest BCUT2D eigenvalue weighted by molar-refractivity contribution is -0.175. The maximum Gasteiger partial charge on any atom is 0.338 e. The van der Waals surface area contributed by atoms with Gasteiger partial charge in [-0.2, -0.15) is 0 Å². The van der Waals surface area contributed by atoms with Crippen molar-refractivity contribution < 1.29 is 33.6 Å². The van der Waals surface area contributed by atoms with E-state index in [1.165, 1.54) is 0 Å². The summed E-state index contributed by atoms with van der Waals surface area (Å²) in [5.74, 6) is -0.926. The van der Waals surface area contributed by atoms with Crippen LogP contribution in [0.25, 0.3) is 0 Å². The monoisotopic (exact) mass is 422 g/mol. The van der Waals surface area contributed by atoms with Crippen LogP contribution in [-0.4, -0.2) is 54.9 Å². The molecule has 0 unspecified atom stereocenters. The first-order valence-corrected chi connectivity index (χ1v) is 10.6. The van der Waals surface area contributed by atoms with Gasteiger partial charge in [0.25, 0.3) is 0 Å². The summed E-state index contributed by atoms with van der Waals surface area (Å²) < 4.78 is 22.4. The van der Waals surface area contributed by atoms with Gasteiger partial charge in [-0.25, -0.2) is 4.79 Å². The second-order valence-corrected chi connectivity index (χ2v) is 8.57. The molecule has 0 aliphatic carbocycles. The van der Waals surface area contributed by atoms with E-state index in [0.717, 1.165) is 19.3 Å². The SMILES string of the molecule is CCCCCO[C@@H]1C[C@@H](OC(=O)c2ccccc2)[C@H]([C@H](O)COC(=O)C(C)(C)C)O1. The highest BCUT2D eigenvalue weighted by molar-refractivity contribution is 5.89. The third-order valence-electron chi connectivity index (χ3n) is 4.80. The lowest BCUT2D eigenvalue weighted by Crippen LogP contribution is -2.41. The van der Waals surface area contributed by atoms with Gasteiger partial charge in [0.2, 0.25) is 0 Å². The lowest BCUT2D eigenvalue weighted by atomic mass is 9.97. The number of unbranched alkanes of at least 4 members (excludes halogenated alkanes) is 2. The van der Waals surface area contributed by atoms with E-state index in [0.29, 0.717) is 18.6 Å². The van der Waals surface area contributed by atoms with Crippen LogP contribution in [0.15, 0.2) is 30.3 Å². The summed E-state index contributed by atoms with van der Waals surface area (Å²) in [6, 6.07) is 8.63. The molecular weight excluding hydrogens is 388 g/mol. The van der Waals surface area contributed by atoms with Gasteiger partial charge >= 0.3 is 11.9 Å². The highest BCUT2D eigenvalue weighted by Gasteiger charge is 2.43. The minimum Gasteiger partial charge on any atom is -0.462 e. The number of rotatable bonds is 10. The minimum absolute atomic E-state index is 0.247. The van der Waals surface area contributed by atoms with Gasteiger partial charge in [0.1, 0.15) is 24.9 Å². The Bertz CT molecular complexity index is 668. The number of ether oxygens (including phenoxy) is 4. The van der Waals surface area contributed by atoms with Crippen molar-refractivity contribution in [2.45, 2.75) is 78.0 Å². The summed E-state index contributed by atoms with van der Waals surface area (Å²) in [7, 11) is 0. The summed E-state index contributed by atoms with van der Waals surface area (Å²) in [6.45, 7) is 7.59. The summed E-state index contributed by atoms with van der Waals surface area (Å²) >= 11 is 0. The Balaban J connectivity index is 2.00. The molecular formula is C23H34O7. The molecule has 1 aromatic carbocycles. The molecule has 30 heavy (non-hydrogen) atoms. The molecule has 0 amide bonds. The molecule has 7 heteroatoms. The summed E-state index contributed by atoms with van der Waals surface area (Å²) in [4.78, 5) is 24.5. The molecule has 0 saturated carbocycles. The number of aliphatic hydroxyl groups is 1. The highest BCUT2D eigenvalue weighted by Crippen LogP contribution is 2.28. The second kappa shape index (κ2) is 11.4. The van der Waals surface area contributed by atoms with Crippen molar-refractivity contribution in [3.05, 3.63) is 35.9 Å². The average Bonchev–Trinajstić information content (AvgIpc) is 3.11. The van der Waals surface area contributed by atoms with Crippen LogP contribution in [0.4, 0.5) is 0 Å². The highest BCUT2D eigenvalue weighted by atomic mass is 16.7. The number of hydrogen-bond acceptors (Lipinski definition) is 7. The lowest BCUT2D eigenvalue weighted by Gasteiger charge is -2.25. The van der Waals surface area contributed by atoms with E-state index in [-0.39, 0.29) is 6.61 Å². The summed E-state index contributed by atoms with van der Waals surface area (Å²) in [5, 5.41) is 10.6. The quantitative estimate of drug-likeness (QED) is 0.456. The van der Waals surface area contributed by atoms with Crippen molar-refractivity contribution in [2.75, 3.05) is 13.2 Å². The fourth-order valence-electron chi connectivity index (χ4n) is 3.02. The number of benzene rings is 1. The number of aliphatic hydroxyl groups excluding tert-OH is 1. The van der Waals surface area contributed by atoms with Crippen LogP contribution >= 0.6 is 0 Å². The first-order valence-electron chi connectivity index (χ1n) is 10.6. The van der Waals surface area contributed by atoms with Gasteiger partial charge in [0, 0.05) is 13.0 Å². The topological polar surface area (TPSA) is 91.3 Å². The predicted octanol–water partition coefficient (Wildman–Crippen LogP) is 3.48. The fraction of sp³-hybridized carbons (Fsp3) is 0.652. The molecule has 168 valence electrons. The van der Waals surface area contributed by atoms with Crippen LogP contribution in [0.3, 0.4) is 0 Å². The van der Waals surface area contributed by atoms with Crippen LogP contribution in [0, 0.1) is 5.41 Å². The molecule has 1 saturated heterocycles. The molecule has 1 aromatic rings. The van der Waals surface area contributed by atoms with Crippen molar-refractivity contribution in [2.24, 2.45) is 5.41 Å². The van der Waals surface area contributed by atoms with E-state index >= 15 is 0 Å². The Morgan fingerprint density at radius 2 is 1.90 bits per heavy atom. The third-order valence-corrected chi connectivity index (χ3v) is 4.80. The van der Waals surface area contributed by atoms with Crippen LogP contribution in [0.1, 0.15) is 63.7 Å². The molecule has 1 aliphatic heterocycles. The zero-order valence-electron chi connectivity index (χ0n) is 18.3. The standard InChI is InChI=1S/C23H34O7/c1-5-6-10-13-27-19-14-18(29-21(25)16-11-8-7-9-12-16)20(30-19)17(24)15-28-22(26)23(2,3)4/h7-9,11-12,17-20,24H,5-6,10,13-15H2,1-4H3/t17-,18-,19+,20+/m1/s1. The van der Waals surface area contributed by atoms with Crippen LogP contribution in [-0.2, 0) is 23.7 Å². The molecule has 7 nitrogen and oxygen atoms in total. The number of hydrogen-bond donors (Lipinski definition) is 1. The van der Waals surface area contributed by atoms with Crippen molar-refractivity contribution in [1.29, 1.82) is 0 Å². The normalized spacial score (nSPS) is 22.5. The molecule has 0 aromatic heterocycles. The Hall–Kier alpha value is -1.96. The van der Waals surface area contributed by atoms with Gasteiger partial charge in [-0.05, 0) is 39.3 Å². The molecule has 1 heterocycles. The summed E-state index contributed by atoms with van der Waals surface area (Å²) in [6.07, 6.45) is 0.0444. The number of carbonyl (C=O) groups excluding carboxylic acids is 2. The average molecular weight is 423 g/mol. The molecule has 1 aliphatic rings. The smallest absolute Gasteiger partial charge is 0.338 e. The van der Waals surface area contributed by atoms with E-state index in [1.807, 2.05) is 6.07 Å². The maximum absolute atomic E-state index is 12.5. The Labute approximate surface area is 178 Å². The van der Waals surface area contributed by atoms with Crippen molar-refractivity contribution in [3.63, 3.8) is 0 Å². The molecule has 1 N–H and O–H groups in total. The molecule has 1 fully saturated rings. The maximum atomic E-state index is 12.5. The van der Waals surface area contributed by atoms with Gasteiger partial charge in [-0.15, -0.1) is 0 Å². The van der Waals surface area contributed by atoms with Crippen molar-refractivity contribution in [3.8, 4) is 0 Å². The molecule has 0 bridgehead atoms. The van der Waals surface area contributed by atoms with E-state index in [1.54, 1.807) is 45.0 Å². The van der Waals surface area contributed by atoms with Gasteiger partial charge < -0.3 is 24.1 Å². The largest absolute Gasteiger partial charge is 0.462 e. The van der Waals surface area contributed by atoms with Crippen LogP contribution < -0.4 is 0 Å². The molecule has 4 atom stereocenters. The second-order valence-electron chi connectivity index (χ2n) is 8.57. The zero-order chi connectivity index (χ0) is 22.1. The minimum atomic E-state index is -1.14. The first-order chi connectivity index (χ1) is 14.2. The van der Waals surface area contributed by atoms with Crippen molar-refractivity contribution in [1.82, 2.24) is 0 Å². The Morgan fingerprint density at radius 3 is 2.53 bits per heavy atom. The molecule has 2 rings (SSSR count). The van der Waals surface area contributed by atoms with E-state index in [2.05, 4.69) is 6.92 Å². The Kier molecular flexibility index (Phi) is 9.27. The zero-order valence-corrected chi connectivity index (χ0v) is 18.3. The fourth-order valence-corrected chi connectivity index (χ4v) is 3.02. The molecule has 0 radical (unpaired) electrons. The van der Waals surface area contributed by atoms with Gasteiger partial charge in [0.05, 0.1) is 11.0 Å². The molecule has 0 spiro atoms. The summed E-state index contributed by atoms with van der Waals surface area (Å²) in [5.41, 5.74) is -0.266. The van der Waals surface area contributed by atoms with Crippen LogP contribution in [0.2, 0.25) is 0 Å². The number of esters is 2. The van der Waals surface area contributed by atoms with Crippen molar-refractivity contribution >= 4 is 11.9 Å². The van der Waals surface area contributed by atoms with E-state index < -0.39 is 42.0 Å². The van der Waals surface area contributed by atoms with Gasteiger partial charge in [0.15, 0.2) is 6.29 Å². The van der Waals surface area contributed by atoms with Crippen LogP contribution in [0.5, 0.6) is 0 Å². The number of carbonyl (C=O) groups is 2. The van der Waals surface area contributed by atoms with E-state index in [4.69, 9.17) is 18.9 Å². The third kappa shape index (κ3) is 7.38.